The van der Waals surface area contributed by atoms with Gasteiger partial charge in [-0.1, -0.05) is 34.6 Å². The molecule has 3 saturated carbocycles. The zero-order valence-corrected chi connectivity index (χ0v) is 15.9. The molecule has 3 aliphatic rings. The largest absolute Gasteiger partial charge is 0.465 e. The number of rotatable bonds is 7. The molecule has 0 aromatic heterocycles. The lowest BCUT2D eigenvalue weighted by Crippen LogP contribution is -2.55. The van der Waals surface area contributed by atoms with Gasteiger partial charge in [-0.25, -0.2) is 0 Å². The lowest BCUT2D eigenvalue weighted by molar-refractivity contribution is -0.182. The zero-order valence-electron chi connectivity index (χ0n) is 15.9. The summed E-state index contributed by atoms with van der Waals surface area (Å²) < 4.78 is 11.0. The SMILES string of the molecule is CCCOC(=O)[C@H]1C2CC(C(C)C)C(CC2C)[C@@H]1C(=O)OCCC. The molecule has 4 nitrogen and oxygen atoms in total. The molecule has 138 valence electrons. The number of hydrogen-bond donors (Lipinski definition) is 0. The van der Waals surface area contributed by atoms with Gasteiger partial charge in [0.15, 0.2) is 0 Å². The standard InChI is InChI=1S/C20H34O4/c1-6-8-23-19(21)17-15-11-14(12(3)4)16(10-13(15)5)18(17)20(22)24-9-7-2/h12-18H,6-11H2,1-5H3/t13?,14?,15?,16?,17-,18-/m0/s1. The second kappa shape index (κ2) is 8.35. The second-order valence-corrected chi connectivity index (χ2v) is 8.07. The maximum Gasteiger partial charge on any atom is 0.310 e. The molecule has 6 atom stereocenters. The van der Waals surface area contributed by atoms with Crippen LogP contribution in [0.2, 0.25) is 0 Å². The molecule has 0 heterocycles. The molecule has 0 radical (unpaired) electrons. The molecule has 0 spiro atoms. The second-order valence-electron chi connectivity index (χ2n) is 8.07. The van der Waals surface area contributed by atoms with Gasteiger partial charge in [-0.3, -0.25) is 9.59 Å². The third-order valence-corrected chi connectivity index (χ3v) is 6.08. The fraction of sp³-hybridized carbons (Fsp3) is 0.900. The minimum absolute atomic E-state index is 0.178. The van der Waals surface area contributed by atoms with E-state index in [0.717, 1.165) is 25.7 Å². The van der Waals surface area contributed by atoms with Crippen LogP contribution in [0.3, 0.4) is 0 Å². The van der Waals surface area contributed by atoms with Crippen LogP contribution in [0.15, 0.2) is 0 Å². The third kappa shape index (κ3) is 3.78. The molecule has 0 aromatic carbocycles. The molecular weight excluding hydrogens is 304 g/mol. The van der Waals surface area contributed by atoms with Crippen LogP contribution in [0.5, 0.6) is 0 Å². The average molecular weight is 338 g/mol. The van der Waals surface area contributed by atoms with Gasteiger partial charge in [-0.05, 0) is 55.3 Å². The summed E-state index contributed by atoms with van der Waals surface area (Å²) in [6, 6.07) is 0. The topological polar surface area (TPSA) is 52.6 Å². The summed E-state index contributed by atoms with van der Waals surface area (Å²) in [7, 11) is 0. The molecule has 3 fully saturated rings. The van der Waals surface area contributed by atoms with E-state index >= 15 is 0 Å². The molecule has 0 aromatic rings. The summed E-state index contributed by atoms with van der Waals surface area (Å²) in [6.45, 7) is 11.5. The van der Waals surface area contributed by atoms with Gasteiger partial charge in [0.05, 0.1) is 25.0 Å². The van der Waals surface area contributed by atoms with Gasteiger partial charge >= 0.3 is 11.9 Å². The summed E-state index contributed by atoms with van der Waals surface area (Å²) >= 11 is 0. The molecule has 24 heavy (non-hydrogen) atoms. The first-order valence-corrected chi connectivity index (χ1v) is 9.75. The molecule has 2 bridgehead atoms. The van der Waals surface area contributed by atoms with Crippen molar-refractivity contribution in [2.75, 3.05) is 13.2 Å². The maximum absolute atomic E-state index is 12.8. The molecule has 3 rings (SSSR count). The Hall–Kier alpha value is -1.06. The van der Waals surface area contributed by atoms with Crippen LogP contribution in [0.25, 0.3) is 0 Å². The molecular formula is C20H34O4. The van der Waals surface area contributed by atoms with Gasteiger partial charge in [0, 0.05) is 0 Å². The van der Waals surface area contributed by atoms with Crippen molar-refractivity contribution < 1.29 is 19.1 Å². The molecule has 0 saturated heterocycles. The number of carbonyl (C=O) groups excluding carboxylic acids is 2. The van der Waals surface area contributed by atoms with Crippen molar-refractivity contribution >= 4 is 11.9 Å². The van der Waals surface area contributed by atoms with Gasteiger partial charge < -0.3 is 9.47 Å². The third-order valence-electron chi connectivity index (χ3n) is 6.08. The maximum atomic E-state index is 12.8. The highest BCUT2D eigenvalue weighted by molar-refractivity contribution is 5.83. The van der Waals surface area contributed by atoms with Crippen LogP contribution in [0, 0.1) is 41.4 Å². The predicted octanol–water partition coefficient (Wildman–Crippen LogP) is 4.07. The van der Waals surface area contributed by atoms with Crippen LogP contribution >= 0.6 is 0 Å². The van der Waals surface area contributed by atoms with Crippen LogP contribution in [0.4, 0.5) is 0 Å². The summed E-state index contributed by atoms with van der Waals surface area (Å²) in [5.74, 6) is 0.994. The van der Waals surface area contributed by atoms with Crippen molar-refractivity contribution in [2.45, 2.75) is 60.3 Å². The monoisotopic (exact) mass is 338 g/mol. The normalized spacial score (nSPS) is 35.1. The van der Waals surface area contributed by atoms with Gasteiger partial charge in [0.1, 0.15) is 0 Å². The van der Waals surface area contributed by atoms with Crippen molar-refractivity contribution in [1.29, 1.82) is 0 Å². The zero-order chi connectivity index (χ0) is 17.9. The van der Waals surface area contributed by atoms with E-state index in [1.807, 2.05) is 13.8 Å². The number of carbonyl (C=O) groups is 2. The Balaban J connectivity index is 2.27. The number of fused-ring (bicyclic) bond motifs is 3. The minimum Gasteiger partial charge on any atom is -0.465 e. The highest BCUT2D eigenvalue weighted by Gasteiger charge is 2.58. The number of hydrogen-bond acceptors (Lipinski definition) is 4. The number of esters is 2. The van der Waals surface area contributed by atoms with Crippen LogP contribution < -0.4 is 0 Å². The Kier molecular flexibility index (Phi) is 6.70. The van der Waals surface area contributed by atoms with Crippen molar-refractivity contribution in [3.05, 3.63) is 0 Å². The molecule has 4 heteroatoms. The Morgan fingerprint density at radius 1 is 0.917 bits per heavy atom. The van der Waals surface area contributed by atoms with E-state index in [4.69, 9.17) is 9.47 Å². The van der Waals surface area contributed by atoms with Crippen LogP contribution in [-0.4, -0.2) is 25.2 Å². The lowest BCUT2D eigenvalue weighted by atomic mass is 9.49. The van der Waals surface area contributed by atoms with Crippen LogP contribution in [-0.2, 0) is 19.1 Å². The Morgan fingerprint density at radius 3 is 1.88 bits per heavy atom. The van der Waals surface area contributed by atoms with E-state index in [1.54, 1.807) is 0 Å². The number of ether oxygens (including phenoxy) is 2. The van der Waals surface area contributed by atoms with Gasteiger partial charge in [-0.2, -0.15) is 0 Å². The minimum atomic E-state index is -0.316. The molecule has 3 aliphatic carbocycles. The van der Waals surface area contributed by atoms with E-state index in [0.29, 0.717) is 31.0 Å². The summed E-state index contributed by atoms with van der Waals surface area (Å²) in [6.07, 6.45) is 3.67. The van der Waals surface area contributed by atoms with Crippen molar-refractivity contribution in [3.8, 4) is 0 Å². The first-order valence-electron chi connectivity index (χ1n) is 9.75. The Labute approximate surface area is 146 Å². The van der Waals surface area contributed by atoms with E-state index in [1.165, 1.54) is 0 Å². The van der Waals surface area contributed by atoms with E-state index in [-0.39, 0.29) is 35.6 Å². The van der Waals surface area contributed by atoms with Gasteiger partial charge in [-0.15, -0.1) is 0 Å². The average Bonchev–Trinajstić information content (AvgIpc) is 2.56. The molecule has 0 N–H and O–H groups in total. The highest BCUT2D eigenvalue weighted by atomic mass is 16.5. The summed E-state index contributed by atoms with van der Waals surface area (Å²) in [5, 5.41) is 0. The first-order chi connectivity index (χ1) is 11.4. The van der Waals surface area contributed by atoms with Gasteiger partial charge in [0.25, 0.3) is 0 Å². The fourth-order valence-corrected chi connectivity index (χ4v) is 4.95. The summed E-state index contributed by atoms with van der Waals surface area (Å²) in [5.41, 5.74) is 0. The molecule has 0 amide bonds. The van der Waals surface area contributed by atoms with Crippen molar-refractivity contribution in [1.82, 2.24) is 0 Å². The lowest BCUT2D eigenvalue weighted by Gasteiger charge is -2.54. The molecule has 0 aliphatic heterocycles. The van der Waals surface area contributed by atoms with Crippen LogP contribution in [0.1, 0.15) is 60.3 Å². The Morgan fingerprint density at radius 2 is 1.42 bits per heavy atom. The first kappa shape index (κ1) is 19.3. The molecule has 4 unspecified atom stereocenters. The summed E-state index contributed by atoms with van der Waals surface area (Å²) in [4.78, 5) is 25.5. The van der Waals surface area contributed by atoms with Crippen molar-refractivity contribution in [3.63, 3.8) is 0 Å². The van der Waals surface area contributed by atoms with E-state index < -0.39 is 0 Å². The van der Waals surface area contributed by atoms with E-state index in [2.05, 4.69) is 20.8 Å². The highest BCUT2D eigenvalue weighted by Crippen LogP contribution is 2.56. The van der Waals surface area contributed by atoms with E-state index in [9.17, 15) is 9.59 Å². The van der Waals surface area contributed by atoms with Gasteiger partial charge in [0.2, 0.25) is 0 Å². The predicted molar refractivity (Wildman–Crippen MR) is 93.2 cm³/mol. The Bertz CT molecular complexity index is 445. The fourth-order valence-electron chi connectivity index (χ4n) is 4.95. The quantitative estimate of drug-likeness (QED) is 0.657. The van der Waals surface area contributed by atoms with Crippen molar-refractivity contribution in [2.24, 2.45) is 41.4 Å². The smallest absolute Gasteiger partial charge is 0.310 e.